The van der Waals surface area contributed by atoms with Gasteiger partial charge in [-0.1, -0.05) is 46.7 Å². The van der Waals surface area contributed by atoms with Crippen molar-refractivity contribution < 1.29 is 13.2 Å². The molecule has 0 aromatic heterocycles. The Morgan fingerprint density at radius 2 is 1.93 bits per heavy atom. The van der Waals surface area contributed by atoms with Gasteiger partial charge in [-0.15, -0.1) is 0 Å². The Morgan fingerprint density at radius 3 is 2.61 bits per heavy atom. The molecule has 1 aliphatic rings. The number of hydrogen-bond donors (Lipinski definition) is 0. The van der Waals surface area contributed by atoms with Crippen molar-refractivity contribution in [2.24, 2.45) is 4.99 Å². The molecule has 0 aliphatic carbocycles. The van der Waals surface area contributed by atoms with Gasteiger partial charge in [-0.05, 0) is 36.4 Å². The van der Waals surface area contributed by atoms with Crippen LogP contribution >= 0.6 is 27.7 Å². The molecule has 0 saturated carbocycles. The van der Waals surface area contributed by atoms with Gasteiger partial charge in [-0.2, -0.15) is 0 Å². The van der Waals surface area contributed by atoms with Gasteiger partial charge >= 0.3 is 0 Å². The zero-order chi connectivity index (χ0) is 20.5. The van der Waals surface area contributed by atoms with Crippen molar-refractivity contribution in [3.05, 3.63) is 58.6 Å². The molecule has 1 heterocycles. The molecule has 1 atom stereocenters. The molecule has 9 heteroatoms. The molecule has 3 rings (SSSR count). The number of amidine groups is 1. The van der Waals surface area contributed by atoms with Crippen LogP contribution in [0, 0.1) is 0 Å². The van der Waals surface area contributed by atoms with Crippen LogP contribution in [0.1, 0.15) is 17.3 Å². The van der Waals surface area contributed by atoms with Crippen molar-refractivity contribution in [1.29, 1.82) is 0 Å². The summed E-state index contributed by atoms with van der Waals surface area (Å²) in [5, 5.41) is 0.764. The first-order chi connectivity index (χ1) is 13.2. The summed E-state index contributed by atoms with van der Waals surface area (Å²) in [6, 6.07) is 13.7. The van der Waals surface area contributed by atoms with Crippen LogP contribution in [-0.2, 0) is 10.0 Å². The van der Waals surface area contributed by atoms with Crippen LogP contribution in [0.4, 0.5) is 5.69 Å². The standard InChI is InChI=1S/C19H20BrN3O3S2/c1-13-12-23(18(24)14-6-4-7-15(20)10-14)19(27-13)21-16-8-5-9-17(11-16)28(25,26)22(2)3/h4-11,13H,12H2,1-3H3/t13-/m1/s1. The Bertz CT molecular complexity index is 1040. The molecule has 0 spiro atoms. The maximum absolute atomic E-state index is 13.0. The molecule has 0 N–H and O–H groups in total. The number of thioether (sulfide) groups is 1. The van der Waals surface area contributed by atoms with Crippen molar-refractivity contribution in [3.8, 4) is 0 Å². The molecule has 1 aliphatic heterocycles. The van der Waals surface area contributed by atoms with Gasteiger partial charge in [0, 0.05) is 35.9 Å². The first-order valence-corrected chi connectivity index (χ1v) is 11.6. The van der Waals surface area contributed by atoms with E-state index in [1.54, 1.807) is 29.2 Å². The van der Waals surface area contributed by atoms with Crippen LogP contribution in [-0.4, -0.2) is 54.6 Å². The van der Waals surface area contributed by atoms with Gasteiger partial charge in [0.1, 0.15) is 0 Å². The Hall–Kier alpha value is -1.68. The van der Waals surface area contributed by atoms with Crippen molar-refractivity contribution in [2.45, 2.75) is 17.1 Å². The van der Waals surface area contributed by atoms with Crippen LogP contribution in [0.5, 0.6) is 0 Å². The fraction of sp³-hybridized carbons (Fsp3) is 0.263. The summed E-state index contributed by atoms with van der Waals surface area (Å²) in [5.74, 6) is -0.131. The summed E-state index contributed by atoms with van der Waals surface area (Å²) in [4.78, 5) is 19.4. The highest BCUT2D eigenvalue weighted by molar-refractivity contribution is 9.10. The summed E-state index contributed by atoms with van der Waals surface area (Å²) >= 11 is 4.89. The number of halogens is 1. The van der Waals surface area contributed by atoms with Gasteiger partial charge in [0.2, 0.25) is 10.0 Å². The summed E-state index contributed by atoms with van der Waals surface area (Å²) < 4.78 is 26.7. The van der Waals surface area contributed by atoms with Gasteiger partial charge in [0.15, 0.2) is 5.17 Å². The predicted molar refractivity (Wildman–Crippen MR) is 117 cm³/mol. The van der Waals surface area contributed by atoms with Crippen molar-refractivity contribution >= 4 is 54.5 Å². The molecule has 28 heavy (non-hydrogen) atoms. The van der Waals surface area contributed by atoms with Gasteiger partial charge in [-0.25, -0.2) is 17.7 Å². The predicted octanol–water partition coefficient (Wildman–Crippen LogP) is 3.96. The largest absolute Gasteiger partial charge is 0.286 e. The second kappa shape index (κ2) is 8.36. The molecule has 0 radical (unpaired) electrons. The normalized spacial score (nSPS) is 18.8. The molecule has 6 nitrogen and oxygen atoms in total. The minimum atomic E-state index is -3.55. The minimum absolute atomic E-state index is 0.131. The Morgan fingerprint density at radius 1 is 1.21 bits per heavy atom. The molecule has 2 aromatic carbocycles. The lowest BCUT2D eigenvalue weighted by Crippen LogP contribution is -2.32. The molecule has 0 bridgehead atoms. The molecule has 148 valence electrons. The maximum Gasteiger partial charge on any atom is 0.259 e. The molecule has 0 unspecified atom stereocenters. The SMILES string of the molecule is C[C@@H]1CN(C(=O)c2cccc(Br)c2)C(=Nc2cccc(S(=O)(=O)N(C)C)c2)S1. The van der Waals surface area contributed by atoms with Crippen molar-refractivity contribution in [1.82, 2.24) is 9.21 Å². The number of nitrogens with zero attached hydrogens (tertiary/aromatic N) is 3. The number of sulfonamides is 1. The van der Waals surface area contributed by atoms with E-state index in [1.165, 1.54) is 38.0 Å². The van der Waals surface area contributed by atoms with Gasteiger partial charge < -0.3 is 0 Å². The Kier molecular flexibility index (Phi) is 6.28. The topological polar surface area (TPSA) is 70.0 Å². The van der Waals surface area contributed by atoms with E-state index in [0.29, 0.717) is 23.0 Å². The summed E-state index contributed by atoms with van der Waals surface area (Å²) in [7, 11) is -0.576. The maximum atomic E-state index is 13.0. The average Bonchev–Trinajstić information content (AvgIpc) is 3.01. The third kappa shape index (κ3) is 4.48. The van der Waals surface area contributed by atoms with Crippen LogP contribution in [0.2, 0.25) is 0 Å². The summed E-state index contributed by atoms with van der Waals surface area (Å²) in [6.45, 7) is 2.58. The second-order valence-corrected chi connectivity index (χ2v) is 11.0. The summed E-state index contributed by atoms with van der Waals surface area (Å²) in [5.41, 5.74) is 1.06. The molecule has 1 saturated heterocycles. The van der Waals surface area contributed by atoms with Crippen molar-refractivity contribution in [2.75, 3.05) is 20.6 Å². The van der Waals surface area contributed by atoms with E-state index in [-0.39, 0.29) is 16.1 Å². The molecular formula is C19H20BrN3O3S2. The molecule has 2 aromatic rings. The number of hydrogen-bond acceptors (Lipinski definition) is 5. The first-order valence-electron chi connectivity index (χ1n) is 8.54. The van der Waals surface area contributed by atoms with E-state index < -0.39 is 10.0 Å². The van der Waals surface area contributed by atoms with Crippen LogP contribution in [0.25, 0.3) is 0 Å². The number of amides is 1. The van der Waals surface area contributed by atoms with Gasteiger partial charge in [-0.3, -0.25) is 9.69 Å². The van der Waals surface area contributed by atoms with E-state index in [9.17, 15) is 13.2 Å². The van der Waals surface area contributed by atoms with Gasteiger partial charge in [0.25, 0.3) is 5.91 Å². The molecule has 1 fully saturated rings. The number of rotatable bonds is 4. The molecular weight excluding hydrogens is 462 g/mol. The lowest BCUT2D eigenvalue weighted by Gasteiger charge is -2.16. The number of carbonyl (C=O) groups excluding carboxylic acids is 1. The third-order valence-electron chi connectivity index (χ3n) is 4.11. The third-order valence-corrected chi connectivity index (χ3v) is 7.49. The van der Waals surface area contributed by atoms with E-state index in [2.05, 4.69) is 20.9 Å². The highest BCUT2D eigenvalue weighted by Gasteiger charge is 2.31. The monoisotopic (exact) mass is 481 g/mol. The first kappa shape index (κ1) is 21.0. The number of benzene rings is 2. The smallest absolute Gasteiger partial charge is 0.259 e. The minimum Gasteiger partial charge on any atom is -0.286 e. The second-order valence-electron chi connectivity index (χ2n) is 6.53. The van der Waals surface area contributed by atoms with E-state index in [1.807, 2.05) is 19.1 Å². The van der Waals surface area contributed by atoms with Crippen LogP contribution in [0.15, 0.2) is 62.9 Å². The van der Waals surface area contributed by atoms with E-state index >= 15 is 0 Å². The average molecular weight is 482 g/mol. The fourth-order valence-electron chi connectivity index (χ4n) is 2.68. The highest BCUT2D eigenvalue weighted by Crippen LogP contribution is 2.30. The lowest BCUT2D eigenvalue weighted by molar-refractivity contribution is 0.0855. The fourth-order valence-corrected chi connectivity index (χ4v) is 5.05. The quantitative estimate of drug-likeness (QED) is 0.662. The van der Waals surface area contributed by atoms with Crippen LogP contribution < -0.4 is 0 Å². The van der Waals surface area contributed by atoms with Crippen LogP contribution in [0.3, 0.4) is 0 Å². The molecule has 1 amide bonds. The van der Waals surface area contributed by atoms with Crippen molar-refractivity contribution in [3.63, 3.8) is 0 Å². The number of aliphatic imine (C=N–C) groups is 1. The Labute approximate surface area is 177 Å². The lowest BCUT2D eigenvalue weighted by atomic mass is 10.2. The van der Waals surface area contributed by atoms with E-state index in [0.717, 1.165) is 8.78 Å². The zero-order valence-corrected chi connectivity index (χ0v) is 18.9. The Balaban J connectivity index is 1.95. The highest BCUT2D eigenvalue weighted by atomic mass is 79.9. The zero-order valence-electron chi connectivity index (χ0n) is 15.7. The number of carbonyl (C=O) groups is 1. The summed E-state index contributed by atoms with van der Waals surface area (Å²) in [6.07, 6.45) is 0. The van der Waals surface area contributed by atoms with Gasteiger partial charge in [0.05, 0.1) is 10.6 Å². The van der Waals surface area contributed by atoms with E-state index in [4.69, 9.17) is 0 Å².